The number of carbonyl (C=O) groups excluding carboxylic acids is 1. The molecule has 0 atom stereocenters. The number of carbonyl (C=O) groups is 1. The van der Waals surface area contributed by atoms with E-state index in [4.69, 9.17) is 14.5 Å². The van der Waals surface area contributed by atoms with E-state index in [9.17, 15) is 4.79 Å². The van der Waals surface area contributed by atoms with Crippen molar-refractivity contribution in [1.29, 1.82) is 0 Å². The van der Waals surface area contributed by atoms with E-state index in [1.807, 2.05) is 24.3 Å². The second kappa shape index (κ2) is 8.85. The van der Waals surface area contributed by atoms with Gasteiger partial charge in [-0.2, -0.15) is 0 Å². The van der Waals surface area contributed by atoms with Crippen molar-refractivity contribution in [2.75, 3.05) is 19.5 Å². The first-order chi connectivity index (χ1) is 12.1. The van der Waals surface area contributed by atoms with Gasteiger partial charge in [0.25, 0.3) is 0 Å². The summed E-state index contributed by atoms with van der Waals surface area (Å²) in [5, 5.41) is 6.24. The molecule has 1 N–H and O–H groups in total. The standard InChI is InChI=1S/C19H26N2O3S/c1-5-19(6-2,12-11-17(22)24-4)16-13-25-18(21-16)20-14-9-7-8-10-15(14)23-3/h7-10,13H,5-6,11-12H2,1-4H3,(H,20,21). The molecule has 0 saturated heterocycles. The molecule has 1 aromatic heterocycles. The fraction of sp³-hybridized carbons (Fsp3) is 0.474. The first-order valence-corrected chi connectivity index (χ1v) is 9.39. The Morgan fingerprint density at radius 1 is 1.24 bits per heavy atom. The van der Waals surface area contributed by atoms with Gasteiger partial charge in [0.05, 0.1) is 25.6 Å². The number of rotatable bonds is 9. The van der Waals surface area contributed by atoms with Crippen LogP contribution in [0, 0.1) is 0 Å². The smallest absolute Gasteiger partial charge is 0.305 e. The number of nitrogens with one attached hydrogen (secondary N) is 1. The van der Waals surface area contributed by atoms with Crippen LogP contribution in [0.15, 0.2) is 29.6 Å². The van der Waals surface area contributed by atoms with Gasteiger partial charge in [0.1, 0.15) is 5.75 Å². The fourth-order valence-electron chi connectivity index (χ4n) is 2.98. The van der Waals surface area contributed by atoms with Gasteiger partial charge in [-0.15, -0.1) is 11.3 Å². The Hall–Kier alpha value is -2.08. The highest BCUT2D eigenvalue weighted by atomic mass is 32.1. The zero-order chi connectivity index (χ0) is 18.3. The van der Waals surface area contributed by atoms with Gasteiger partial charge < -0.3 is 14.8 Å². The van der Waals surface area contributed by atoms with Crippen LogP contribution in [-0.4, -0.2) is 25.2 Å². The third-order valence-corrected chi connectivity index (χ3v) is 5.54. The maximum absolute atomic E-state index is 11.6. The molecule has 0 spiro atoms. The average molecular weight is 362 g/mol. The Bertz CT molecular complexity index is 695. The number of nitrogens with zero attached hydrogens (tertiary/aromatic N) is 1. The lowest BCUT2D eigenvalue weighted by Crippen LogP contribution is -2.26. The number of anilines is 2. The van der Waals surface area contributed by atoms with Crippen LogP contribution in [0.1, 0.15) is 45.2 Å². The lowest BCUT2D eigenvalue weighted by molar-refractivity contribution is -0.141. The molecule has 0 aliphatic carbocycles. The topological polar surface area (TPSA) is 60.5 Å². The lowest BCUT2D eigenvalue weighted by atomic mass is 9.76. The van der Waals surface area contributed by atoms with Crippen molar-refractivity contribution >= 4 is 28.1 Å². The summed E-state index contributed by atoms with van der Waals surface area (Å²) in [7, 11) is 3.08. The van der Waals surface area contributed by atoms with Crippen molar-refractivity contribution in [2.45, 2.75) is 44.9 Å². The van der Waals surface area contributed by atoms with Crippen molar-refractivity contribution in [3.05, 3.63) is 35.3 Å². The summed E-state index contributed by atoms with van der Waals surface area (Å²) in [5.74, 6) is 0.607. The second-order valence-corrected chi connectivity index (χ2v) is 6.78. The first kappa shape index (κ1) is 19.2. The molecule has 2 rings (SSSR count). The summed E-state index contributed by atoms with van der Waals surface area (Å²) in [5.41, 5.74) is 1.81. The van der Waals surface area contributed by atoms with Gasteiger partial charge in [-0.05, 0) is 31.4 Å². The summed E-state index contributed by atoms with van der Waals surface area (Å²) < 4.78 is 10.2. The van der Waals surface area contributed by atoms with Crippen LogP contribution in [0.4, 0.5) is 10.8 Å². The molecule has 136 valence electrons. The van der Waals surface area contributed by atoms with Gasteiger partial charge in [0, 0.05) is 17.2 Å². The van der Waals surface area contributed by atoms with E-state index in [1.165, 1.54) is 7.11 Å². The number of benzene rings is 1. The Labute approximate surface area is 153 Å². The summed E-state index contributed by atoms with van der Waals surface area (Å²) >= 11 is 1.57. The molecule has 2 aromatic rings. The molecular formula is C19H26N2O3S. The number of ether oxygens (including phenoxy) is 2. The van der Waals surface area contributed by atoms with Crippen LogP contribution in [-0.2, 0) is 14.9 Å². The van der Waals surface area contributed by atoms with E-state index in [-0.39, 0.29) is 11.4 Å². The quantitative estimate of drug-likeness (QED) is 0.643. The maximum Gasteiger partial charge on any atom is 0.305 e. The Kier molecular flexibility index (Phi) is 6.82. The molecule has 0 amide bonds. The van der Waals surface area contributed by atoms with Crippen molar-refractivity contribution < 1.29 is 14.3 Å². The van der Waals surface area contributed by atoms with Crippen LogP contribution >= 0.6 is 11.3 Å². The summed E-state index contributed by atoms with van der Waals surface area (Å²) in [6, 6.07) is 7.76. The van der Waals surface area contributed by atoms with Gasteiger partial charge in [-0.25, -0.2) is 4.98 Å². The molecule has 0 radical (unpaired) electrons. The second-order valence-electron chi connectivity index (χ2n) is 5.93. The molecular weight excluding hydrogens is 336 g/mol. The number of esters is 1. The summed E-state index contributed by atoms with van der Waals surface area (Å²) in [6.07, 6.45) is 3.01. The van der Waals surface area contributed by atoms with Gasteiger partial charge in [-0.3, -0.25) is 4.79 Å². The minimum Gasteiger partial charge on any atom is -0.495 e. The number of hydrogen-bond donors (Lipinski definition) is 1. The van der Waals surface area contributed by atoms with Crippen molar-refractivity contribution in [1.82, 2.24) is 4.98 Å². The predicted octanol–water partition coefficient (Wildman–Crippen LogP) is 4.91. The number of methoxy groups -OCH3 is 2. The third kappa shape index (κ3) is 4.51. The van der Waals surface area contributed by atoms with E-state index in [1.54, 1.807) is 18.4 Å². The summed E-state index contributed by atoms with van der Waals surface area (Å²) in [6.45, 7) is 4.29. The normalized spacial score (nSPS) is 11.2. The monoisotopic (exact) mass is 362 g/mol. The number of thiazole rings is 1. The van der Waals surface area contributed by atoms with Crippen molar-refractivity contribution in [3.8, 4) is 5.75 Å². The number of hydrogen-bond acceptors (Lipinski definition) is 6. The van der Waals surface area contributed by atoms with E-state index < -0.39 is 0 Å². The van der Waals surface area contributed by atoms with Crippen LogP contribution < -0.4 is 10.1 Å². The number of aromatic nitrogens is 1. The van der Waals surface area contributed by atoms with Gasteiger partial charge >= 0.3 is 5.97 Å². The molecule has 0 unspecified atom stereocenters. The van der Waals surface area contributed by atoms with Gasteiger partial charge in [-0.1, -0.05) is 26.0 Å². The molecule has 5 nitrogen and oxygen atoms in total. The highest BCUT2D eigenvalue weighted by Crippen LogP contribution is 2.39. The van der Waals surface area contributed by atoms with E-state index in [2.05, 4.69) is 24.5 Å². The van der Waals surface area contributed by atoms with E-state index >= 15 is 0 Å². The van der Waals surface area contributed by atoms with Gasteiger partial charge in [0.2, 0.25) is 0 Å². The van der Waals surface area contributed by atoms with E-state index in [0.717, 1.165) is 41.5 Å². The van der Waals surface area contributed by atoms with Gasteiger partial charge in [0.15, 0.2) is 5.13 Å². The SMILES string of the molecule is CCC(CC)(CCC(=O)OC)c1csc(Nc2ccccc2OC)n1. The largest absolute Gasteiger partial charge is 0.495 e. The maximum atomic E-state index is 11.6. The average Bonchev–Trinajstić information content (AvgIpc) is 3.12. The fourth-order valence-corrected chi connectivity index (χ4v) is 3.82. The Morgan fingerprint density at radius 3 is 2.60 bits per heavy atom. The molecule has 0 fully saturated rings. The zero-order valence-electron chi connectivity index (χ0n) is 15.3. The van der Waals surface area contributed by atoms with Crippen molar-refractivity contribution in [3.63, 3.8) is 0 Å². The number of para-hydroxylation sites is 2. The van der Waals surface area contributed by atoms with Crippen molar-refractivity contribution in [2.24, 2.45) is 0 Å². The zero-order valence-corrected chi connectivity index (χ0v) is 16.1. The Morgan fingerprint density at radius 2 is 1.96 bits per heavy atom. The molecule has 25 heavy (non-hydrogen) atoms. The first-order valence-electron chi connectivity index (χ1n) is 8.51. The predicted molar refractivity (Wildman–Crippen MR) is 102 cm³/mol. The van der Waals surface area contributed by atoms with Crippen LogP contribution in [0.5, 0.6) is 5.75 Å². The molecule has 1 aromatic carbocycles. The molecule has 1 heterocycles. The van der Waals surface area contributed by atoms with Crippen LogP contribution in [0.25, 0.3) is 0 Å². The minimum atomic E-state index is -0.172. The highest BCUT2D eigenvalue weighted by Gasteiger charge is 2.31. The molecule has 0 aliphatic heterocycles. The minimum absolute atomic E-state index is 0.106. The molecule has 0 bridgehead atoms. The lowest BCUT2D eigenvalue weighted by Gasteiger charge is -2.29. The molecule has 6 heteroatoms. The third-order valence-electron chi connectivity index (χ3n) is 4.79. The Balaban J connectivity index is 2.20. The molecule has 0 saturated carbocycles. The van der Waals surface area contributed by atoms with E-state index in [0.29, 0.717) is 6.42 Å². The highest BCUT2D eigenvalue weighted by molar-refractivity contribution is 7.13. The summed E-state index contributed by atoms with van der Waals surface area (Å²) in [4.78, 5) is 16.4. The van der Waals surface area contributed by atoms with Crippen LogP contribution in [0.3, 0.4) is 0 Å². The van der Waals surface area contributed by atoms with Crippen LogP contribution in [0.2, 0.25) is 0 Å². The molecule has 0 aliphatic rings.